The van der Waals surface area contributed by atoms with Gasteiger partial charge in [0, 0.05) is 18.7 Å². The molecule has 0 bridgehead atoms. The molecule has 1 N–H and O–H groups in total. The largest absolute Gasteiger partial charge is 0.416 e. The molecule has 1 aromatic rings. The van der Waals surface area contributed by atoms with E-state index in [0.717, 1.165) is 12.2 Å². The maximum Gasteiger partial charge on any atom is 0.183 e. The van der Waals surface area contributed by atoms with Crippen molar-refractivity contribution in [3.63, 3.8) is 0 Å². The fraction of sp³-hybridized carbons (Fsp3) is 0.667. The Hall–Kier alpha value is -0.713. The third-order valence-corrected chi connectivity index (χ3v) is 5.23. The standard InChI is InChI=1S/C18H30FNOSi/c1-13(2)17(12-21-22(3,4)5)20-18(14-9-10-14)15-7-6-8-16(19)11-15/h6-8,11,13-14,17-18,20H,9-10,12H2,1-5H3/t17-,18+/m1/s1. The maximum atomic E-state index is 13.6. The fourth-order valence-corrected chi connectivity index (χ4v) is 3.32. The first-order valence-corrected chi connectivity index (χ1v) is 11.8. The Kier molecular flexibility index (Phi) is 5.80. The Morgan fingerprint density at radius 1 is 1.27 bits per heavy atom. The minimum absolute atomic E-state index is 0.149. The summed E-state index contributed by atoms with van der Waals surface area (Å²) < 4.78 is 19.7. The summed E-state index contributed by atoms with van der Waals surface area (Å²) in [5.74, 6) is 0.977. The molecule has 2 atom stereocenters. The number of hydrogen-bond acceptors (Lipinski definition) is 2. The van der Waals surface area contributed by atoms with Crippen LogP contribution in [-0.2, 0) is 4.43 Å². The number of hydrogen-bond donors (Lipinski definition) is 1. The summed E-state index contributed by atoms with van der Waals surface area (Å²) in [5, 5.41) is 3.76. The van der Waals surface area contributed by atoms with Crippen molar-refractivity contribution in [1.29, 1.82) is 0 Å². The van der Waals surface area contributed by atoms with E-state index in [4.69, 9.17) is 4.43 Å². The van der Waals surface area contributed by atoms with Gasteiger partial charge in [-0.15, -0.1) is 0 Å². The van der Waals surface area contributed by atoms with Crippen molar-refractivity contribution in [2.75, 3.05) is 6.61 Å². The van der Waals surface area contributed by atoms with Gasteiger partial charge in [-0.2, -0.15) is 0 Å². The van der Waals surface area contributed by atoms with Crippen LogP contribution < -0.4 is 5.32 Å². The molecule has 0 unspecified atom stereocenters. The molecule has 1 aliphatic carbocycles. The SMILES string of the molecule is CC(C)[C@@H](CO[Si](C)(C)C)N[C@H](c1cccc(F)c1)C1CC1. The van der Waals surface area contributed by atoms with Crippen molar-refractivity contribution >= 4 is 8.32 Å². The van der Waals surface area contributed by atoms with E-state index in [9.17, 15) is 4.39 Å². The van der Waals surface area contributed by atoms with Crippen LogP contribution in [0.2, 0.25) is 19.6 Å². The van der Waals surface area contributed by atoms with Crippen molar-refractivity contribution in [1.82, 2.24) is 5.32 Å². The molecule has 0 heterocycles. The van der Waals surface area contributed by atoms with Gasteiger partial charge in [0.1, 0.15) is 5.82 Å². The lowest BCUT2D eigenvalue weighted by Gasteiger charge is -2.31. The zero-order chi connectivity index (χ0) is 16.3. The van der Waals surface area contributed by atoms with Gasteiger partial charge in [0.2, 0.25) is 0 Å². The molecule has 4 heteroatoms. The molecule has 0 radical (unpaired) electrons. The second kappa shape index (κ2) is 7.24. The maximum absolute atomic E-state index is 13.6. The molecule has 2 nitrogen and oxygen atoms in total. The predicted molar refractivity (Wildman–Crippen MR) is 92.9 cm³/mol. The molecule has 2 rings (SSSR count). The second-order valence-corrected chi connectivity index (χ2v) is 12.3. The van der Waals surface area contributed by atoms with Gasteiger partial charge in [0.15, 0.2) is 8.32 Å². The number of halogens is 1. The molecule has 0 spiro atoms. The Balaban J connectivity index is 2.07. The van der Waals surface area contributed by atoms with Crippen LogP contribution in [0, 0.1) is 17.7 Å². The average Bonchev–Trinajstić information content (AvgIpc) is 3.21. The Labute approximate surface area is 135 Å². The van der Waals surface area contributed by atoms with E-state index < -0.39 is 8.32 Å². The number of nitrogens with one attached hydrogen (secondary N) is 1. The lowest BCUT2D eigenvalue weighted by Crippen LogP contribution is -2.43. The predicted octanol–water partition coefficient (Wildman–Crippen LogP) is 4.74. The van der Waals surface area contributed by atoms with Gasteiger partial charge >= 0.3 is 0 Å². The zero-order valence-corrected chi connectivity index (χ0v) is 15.5. The number of rotatable bonds is 8. The van der Waals surface area contributed by atoms with Crippen LogP contribution in [0.25, 0.3) is 0 Å². The highest BCUT2D eigenvalue weighted by molar-refractivity contribution is 6.69. The van der Waals surface area contributed by atoms with Crippen LogP contribution in [0.5, 0.6) is 0 Å². The van der Waals surface area contributed by atoms with Gasteiger partial charge in [0.25, 0.3) is 0 Å². The molecule has 1 aliphatic rings. The van der Waals surface area contributed by atoms with Gasteiger partial charge in [-0.05, 0) is 62.0 Å². The van der Waals surface area contributed by atoms with Crippen molar-refractivity contribution < 1.29 is 8.82 Å². The van der Waals surface area contributed by atoms with Crippen LogP contribution >= 0.6 is 0 Å². The topological polar surface area (TPSA) is 21.3 Å². The Morgan fingerprint density at radius 2 is 1.95 bits per heavy atom. The average molecular weight is 324 g/mol. The molecule has 1 saturated carbocycles. The third-order valence-electron chi connectivity index (χ3n) is 4.20. The van der Waals surface area contributed by atoms with Crippen LogP contribution in [-0.4, -0.2) is 21.0 Å². The van der Waals surface area contributed by atoms with Crippen molar-refractivity contribution in [2.24, 2.45) is 11.8 Å². The first-order chi connectivity index (χ1) is 10.3. The van der Waals surface area contributed by atoms with E-state index >= 15 is 0 Å². The highest BCUT2D eigenvalue weighted by atomic mass is 28.4. The summed E-state index contributed by atoms with van der Waals surface area (Å²) in [6, 6.07) is 7.59. The molecule has 0 aliphatic heterocycles. The highest BCUT2D eigenvalue weighted by Crippen LogP contribution is 2.41. The summed E-state index contributed by atoms with van der Waals surface area (Å²) >= 11 is 0. The van der Waals surface area contributed by atoms with E-state index in [2.05, 4.69) is 38.8 Å². The molecule has 1 aromatic carbocycles. The Morgan fingerprint density at radius 3 is 2.45 bits per heavy atom. The van der Waals surface area contributed by atoms with Gasteiger partial charge in [0.05, 0.1) is 0 Å². The molecule has 0 saturated heterocycles. The van der Waals surface area contributed by atoms with E-state index in [1.807, 2.05) is 12.1 Å². The van der Waals surface area contributed by atoms with Crippen molar-refractivity contribution in [2.45, 2.75) is 58.4 Å². The highest BCUT2D eigenvalue weighted by Gasteiger charge is 2.34. The summed E-state index contributed by atoms with van der Waals surface area (Å²) in [4.78, 5) is 0. The second-order valence-electron chi connectivity index (χ2n) is 7.81. The monoisotopic (exact) mass is 323 g/mol. The van der Waals surface area contributed by atoms with E-state index in [1.54, 1.807) is 6.07 Å². The molecule has 0 amide bonds. The van der Waals surface area contributed by atoms with Crippen molar-refractivity contribution in [3.8, 4) is 0 Å². The summed E-state index contributed by atoms with van der Waals surface area (Å²) in [5.41, 5.74) is 1.07. The normalized spacial score (nSPS) is 18.5. The molecule has 0 aromatic heterocycles. The smallest absolute Gasteiger partial charge is 0.183 e. The fourth-order valence-electron chi connectivity index (χ4n) is 2.64. The summed E-state index contributed by atoms with van der Waals surface area (Å²) in [7, 11) is -1.52. The molecular weight excluding hydrogens is 293 g/mol. The van der Waals surface area contributed by atoms with E-state index in [-0.39, 0.29) is 11.9 Å². The molecule has 1 fully saturated rings. The van der Waals surface area contributed by atoms with E-state index in [0.29, 0.717) is 17.9 Å². The van der Waals surface area contributed by atoms with Crippen LogP contribution in [0.15, 0.2) is 24.3 Å². The third kappa shape index (κ3) is 5.49. The Bertz CT molecular complexity index is 482. The zero-order valence-electron chi connectivity index (χ0n) is 14.5. The quantitative estimate of drug-likeness (QED) is 0.698. The number of benzene rings is 1. The van der Waals surface area contributed by atoms with Gasteiger partial charge in [-0.3, -0.25) is 0 Å². The summed E-state index contributed by atoms with van der Waals surface area (Å²) in [6.07, 6.45) is 2.46. The minimum atomic E-state index is -1.52. The first-order valence-electron chi connectivity index (χ1n) is 8.42. The van der Waals surface area contributed by atoms with Gasteiger partial charge < -0.3 is 9.74 Å². The lowest BCUT2D eigenvalue weighted by molar-refractivity contribution is 0.207. The molecule has 22 heavy (non-hydrogen) atoms. The van der Waals surface area contributed by atoms with E-state index in [1.165, 1.54) is 18.9 Å². The van der Waals surface area contributed by atoms with Crippen LogP contribution in [0.3, 0.4) is 0 Å². The van der Waals surface area contributed by atoms with Crippen LogP contribution in [0.4, 0.5) is 4.39 Å². The molecule has 124 valence electrons. The lowest BCUT2D eigenvalue weighted by atomic mass is 9.98. The van der Waals surface area contributed by atoms with Gasteiger partial charge in [-0.1, -0.05) is 26.0 Å². The summed E-state index contributed by atoms with van der Waals surface area (Å²) in [6.45, 7) is 11.8. The molecular formula is C18H30FNOSi. The minimum Gasteiger partial charge on any atom is -0.416 e. The first kappa shape index (κ1) is 17.6. The van der Waals surface area contributed by atoms with Crippen LogP contribution in [0.1, 0.15) is 38.3 Å². The van der Waals surface area contributed by atoms with Gasteiger partial charge in [-0.25, -0.2) is 4.39 Å². The van der Waals surface area contributed by atoms with Crippen molar-refractivity contribution in [3.05, 3.63) is 35.6 Å².